The van der Waals surface area contributed by atoms with Crippen molar-refractivity contribution in [2.75, 3.05) is 18.4 Å². The number of sulfonamides is 1. The van der Waals surface area contributed by atoms with E-state index in [0.717, 1.165) is 31.5 Å². The lowest BCUT2D eigenvalue weighted by Gasteiger charge is -2.32. The molecule has 1 fully saturated rings. The molecule has 4 rings (SSSR count). The van der Waals surface area contributed by atoms with E-state index in [9.17, 15) is 13.2 Å². The molecule has 32 heavy (non-hydrogen) atoms. The minimum absolute atomic E-state index is 0.0922. The monoisotopic (exact) mass is 451 g/mol. The Morgan fingerprint density at radius 3 is 2.50 bits per heavy atom. The predicted octanol–water partition coefficient (Wildman–Crippen LogP) is 4.07. The number of rotatable bonds is 6. The van der Waals surface area contributed by atoms with Crippen molar-refractivity contribution in [3.05, 3.63) is 71.8 Å². The number of amides is 1. The zero-order chi connectivity index (χ0) is 22.7. The minimum Gasteiger partial charge on any atom is -0.321 e. The molecule has 0 bridgehead atoms. The van der Waals surface area contributed by atoms with Gasteiger partial charge in [0.1, 0.15) is 0 Å². The first-order valence-corrected chi connectivity index (χ1v) is 12.5. The molecule has 0 aromatic heterocycles. The highest BCUT2D eigenvalue weighted by Gasteiger charge is 2.29. The number of anilines is 1. The zero-order valence-corrected chi connectivity index (χ0v) is 19.2. The van der Waals surface area contributed by atoms with Gasteiger partial charge in [0.05, 0.1) is 4.90 Å². The van der Waals surface area contributed by atoms with Gasteiger partial charge >= 0.3 is 0 Å². The quantitative estimate of drug-likeness (QED) is 0.527. The highest BCUT2D eigenvalue weighted by molar-refractivity contribution is 7.89. The van der Waals surface area contributed by atoms with Crippen LogP contribution in [0.2, 0.25) is 0 Å². The molecule has 3 aromatic rings. The van der Waals surface area contributed by atoms with Gasteiger partial charge in [-0.1, -0.05) is 55.8 Å². The van der Waals surface area contributed by atoms with Crippen LogP contribution in [0.5, 0.6) is 0 Å². The van der Waals surface area contributed by atoms with Gasteiger partial charge < -0.3 is 10.6 Å². The molecule has 0 saturated carbocycles. The predicted molar refractivity (Wildman–Crippen MR) is 128 cm³/mol. The van der Waals surface area contributed by atoms with Crippen LogP contribution in [0.25, 0.3) is 10.8 Å². The Morgan fingerprint density at radius 2 is 1.75 bits per heavy atom. The third-order valence-electron chi connectivity index (χ3n) is 6.25. The van der Waals surface area contributed by atoms with Crippen molar-refractivity contribution in [3.63, 3.8) is 0 Å². The van der Waals surface area contributed by atoms with Gasteiger partial charge in [0.2, 0.25) is 10.0 Å². The van der Waals surface area contributed by atoms with Crippen LogP contribution in [-0.2, 0) is 10.0 Å². The van der Waals surface area contributed by atoms with E-state index in [-0.39, 0.29) is 22.8 Å². The van der Waals surface area contributed by atoms with Crippen molar-refractivity contribution >= 4 is 32.4 Å². The van der Waals surface area contributed by atoms with E-state index < -0.39 is 10.0 Å². The molecule has 0 spiro atoms. The SMILES string of the molecule is CC[C@H]1CNCC[C@H]1NS(=O)(=O)c1ccc(NC(=O)c2ccccc2C)c2ccccc12. The molecule has 0 unspecified atom stereocenters. The summed E-state index contributed by atoms with van der Waals surface area (Å²) in [5, 5.41) is 7.57. The Bertz CT molecular complexity index is 1240. The maximum Gasteiger partial charge on any atom is 0.255 e. The summed E-state index contributed by atoms with van der Waals surface area (Å²) in [5.74, 6) is 0.0416. The Labute approximate surface area is 189 Å². The van der Waals surface area contributed by atoms with Gasteiger partial charge in [0.25, 0.3) is 5.91 Å². The number of carbonyl (C=O) groups is 1. The van der Waals surface area contributed by atoms with Gasteiger partial charge in [0, 0.05) is 28.1 Å². The number of benzene rings is 3. The third kappa shape index (κ3) is 4.55. The van der Waals surface area contributed by atoms with Crippen molar-refractivity contribution in [3.8, 4) is 0 Å². The molecule has 7 heteroatoms. The minimum atomic E-state index is -3.72. The first kappa shape index (κ1) is 22.5. The molecule has 3 N–H and O–H groups in total. The molecular weight excluding hydrogens is 422 g/mol. The molecule has 1 amide bonds. The zero-order valence-electron chi connectivity index (χ0n) is 18.4. The Kier molecular flexibility index (Phi) is 6.60. The molecule has 0 radical (unpaired) electrons. The number of hydrogen-bond donors (Lipinski definition) is 3. The Morgan fingerprint density at radius 1 is 1.03 bits per heavy atom. The van der Waals surface area contributed by atoms with Crippen molar-refractivity contribution in [1.82, 2.24) is 10.0 Å². The highest BCUT2D eigenvalue weighted by atomic mass is 32.2. The largest absolute Gasteiger partial charge is 0.321 e. The van der Waals surface area contributed by atoms with E-state index >= 15 is 0 Å². The Hall–Kier alpha value is -2.74. The molecular formula is C25H29N3O3S. The summed E-state index contributed by atoms with van der Waals surface area (Å²) in [6, 6.07) is 17.8. The van der Waals surface area contributed by atoms with Crippen LogP contribution >= 0.6 is 0 Å². The Balaban J connectivity index is 1.67. The maximum atomic E-state index is 13.4. The van der Waals surface area contributed by atoms with E-state index in [1.54, 1.807) is 24.3 Å². The van der Waals surface area contributed by atoms with E-state index in [1.807, 2.05) is 43.3 Å². The van der Waals surface area contributed by atoms with Crippen molar-refractivity contribution in [2.24, 2.45) is 5.92 Å². The van der Waals surface area contributed by atoms with Gasteiger partial charge in [-0.2, -0.15) is 0 Å². The maximum absolute atomic E-state index is 13.4. The fourth-order valence-electron chi connectivity index (χ4n) is 4.40. The molecule has 1 heterocycles. The van der Waals surface area contributed by atoms with E-state index in [2.05, 4.69) is 22.3 Å². The number of piperidine rings is 1. The van der Waals surface area contributed by atoms with Crippen molar-refractivity contribution in [1.29, 1.82) is 0 Å². The molecule has 1 aliphatic heterocycles. The van der Waals surface area contributed by atoms with Gasteiger partial charge in [-0.15, -0.1) is 0 Å². The molecule has 168 valence electrons. The summed E-state index contributed by atoms with van der Waals surface area (Å²) < 4.78 is 29.7. The van der Waals surface area contributed by atoms with Gasteiger partial charge in [0.15, 0.2) is 0 Å². The molecule has 2 atom stereocenters. The lowest BCUT2D eigenvalue weighted by Crippen LogP contribution is -2.49. The summed E-state index contributed by atoms with van der Waals surface area (Å²) in [4.78, 5) is 13.1. The number of aryl methyl sites for hydroxylation is 1. The highest BCUT2D eigenvalue weighted by Crippen LogP contribution is 2.31. The summed E-state index contributed by atoms with van der Waals surface area (Å²) in [6.07, 6.45) is 1.67. The van der Waals surface area contributed by atoms with Crippen LogP contribution in [0, 0.1) is 12.8 Å². The van der Waals surface area contributed by atoms with Crippen LogP contribution in [0.4, 0.5) is 5.69 Å². The van der Waals surface area contributed by atoms with Gasteiger partial charge in [-0.3, -0.25) is 4.79 Å². The topological polar surface area (TPSA) is 87.3 Å². The molecule has 0 aliphatic carbocycles. The summed E-state index contributed by atoms with van der Waals surface area (Å²) in [6.45, 7) is 5.58. The fraction of sp³-hybridized carbons (Fsp3) is 0.320. The lowest BCUT2D eigenvalue weighted by molar-refractivity contribution is 0.102. The van der Waals surface area contributed by atoms with Gasteiger partial charge in [-0.05, 0) is 56.1 Å². The first-order chi connectivity index (χ1) is 15.4. The number of fused-ring (bicyclic) bond motifs is 1. The fourth-order valence-corrected chi connectivity index (χ4v) is 5.95. The molecule has 3 aromatic carbocycles. The van der Waals surface area contributed by atoms with Crippen molar-refractivity contribution < 1.29 is 13.2 Å². The van der Waals surface area contributed by atoms with Gasteiger partial charge in [-0.25, -0.2) is 13.1 Å². The second-order valence-corrected chi connectivity index (χ2v) is 10.00. The van der Waals surface area contributed by atoms with E-state index in [4.69, 9.17) is 0 Å². The average Bonchev–Trinajstić information content (AvgIpc) is 2.79. The van der Waals surface area contributed by atoms with Crippen LogP contribution in [0.15, 0.2) is 65.6 Å². The standard InChI is InChI=1S/C25H29N3O3S/c1-3-18-16-26-15-14-22(18)28-32(30,31)24-13-12-23(20-10-6-7-11-21(20)24)27-25(29)19-9-5-4-8-17(19)2/h4-13,18,22,26,28H,3,14-16H2,1-2H3,(H,27,29)/t18-,22+/m0/s1. The average molecular weight is 452 g/mol. The molecule has 1 aliphatic rings. The number of carbonyl (C=O) groups excluding carboxylic acids is 1. The summed E-state index contributed by atoms with van der Waals surface area (Å²) in [5.41, 5.74) is 2.05. The number of nitrogens with one attached hydrogen (secondary N) is 3. The first-order valence-electron chi connectivity index (χ1n) is 11.0. The number of hydrogen-bond acceptors (Lipinski definition) is 4. The van der Waals surface area contributed by atoms with E-state index in [0.29, 0.717) is 22.0 Å². The van der Waals surface area contributed by atoms with E-state index in [1.165, 1.54) is 0 Å². The smallest absolute Gasteiger partial charge is 0.255 e. The second kappa shape index (κ2) is 9.40. The van der Waals surface area contributed by atoms with Crippen molar-refractivity contribution in [2.45, 2.75) is 37.6 Å². The summed E-state index contributed by atoms with van der Waals surface area (Å²) >= 11 is 0. The van der Waals surface area contributed by atoms with Crippen LogP contribution in [0.1, 0.15) is 35.7 Å². The van der Waals surface area contributed by atoms with Crippen LogP contribution in [0.3, 0.4) is 0 Å². The lowest BCUT2D eigenvalue weighted by atomic mass is 9.92. The third-order valence-corrected chi connectivity index (χ3v) is 7.80. The second-order valence-electron chi connectivity index (χ2n) is 8.31. The van der Waals surface area contributed by atoms with Crippen LogP contribution in [-0.4, -0.2) is 33.5 Å². The summed E-state index contributed by atoms with van der Waals surface area (Å²) in [7, 11) is -3.72. The van der Waals surface area contributed by atoms with Crippen LogP contribution < -0.4 is 15.4 Å². The molecule has 6 nitrogen and oxygen atoms in total. The molecule has 1 saturated heterocycles. The normalized spacial score (nSPS) is 19.1.